The molecule has 0 saturated heterocycles. The largest absolute Gasteiger partial charge is 0.449 e. The van der Waals surface area contributed by atoms with Crippen LogP contribution in [0.3, 0.4) is 0 Å². The van der Waals surface area contributed by atoms with Crippen molar-refractivity contribution in [3.05, 3.63) is 41.5 Å². The number of ether oxygens (including phenoxy) is 1. The highest BCUT2D eigenvalue weighted by atomic mass is 16.5. The number of benzene rings is 1. The van der Waals surface area contributed by atoms with Crippen LogP contribution in [-0.4, -0.2) is 22.9 Å². The Balaban J connectivity index is 2.12. The molecule has 1 aromatic carbocycles. The van der Waals surface area contributed by atoms with Gasteiger partial charge in [0.05, 0.1) is 23.9 Å². The number of nitrogens with one attached hydrogen (secondary N) is 2. The molecule has 22 heavy (non-hydrogen) atoms. The zero-order chi connectivity index (χ0) is 15.9. The molecule has 0 aliphatic rings. The lowest BCUT2D eigenvalue weighted by Gasteiger charge is -2.09. The van der Waals surface area contributed by atoms with Crippen LogP contribution in [0.25, 0.3) is 11.3 Å². The van der Waals surface area contributed by atoms with Crippen molar-refractivity contribution in [2.45, 2.75) is 13.8 Å². The monoisotopic (exact) mass is 297 g/mol. The zero-order valence-electron chi connectivity index (χ0n) is 12.3. The Morgan fingerprint density at radius 3 is 2.64 bits per heavy atom. The van der Waals surface area contributed by atoms with E-state index in [1.54, 1.807) is 25.1 Å². The molecule has 0 aliphatic heterocycles. The molecule has 2 aromatic rings. The molecule has 1 aromatic heterocycles. The first-order valence-electron chi connectivity index (χ1n) is 6.67. The number of nitrogens with zero attached hydrogens (tertiary/aromatic N) is 3. The number of carbonyl (C=O) groups excluding carboxylic acids is 1. The van der Waals surface area contributed by atoms with E-state index < -0.39 is 6.09 Å². The van der Waals surface area contributed by atoms with Crippen molar-refractivity contribution >= 4 is 11.9 Å². The third kappa shape index (κ3) is 3.70. The first-order chi connectivity index (χ1) is 10.6. The van der Waals surface area contributed by atoms with Crippen molar-refractivity contribution in [1.82, 2.24) is 15.6 Å². The van der Waals surface area contributed by atoms with E-state index in [2.05, 4.69) is 27.1 Å². The van der Waals surface area contributed by atoms with Crippen LogP contribution in [0.15, 0.2) is 30.3 Å². The summed E-state index contributed by atoms with van der Waals surface area (Å²) < 4.78 is 4.72. The first kappa shape index (κ1) is 15.3. The summed E-state index contributed by atoms with van der Waals surface area (Å²) in [4.78, 5) is 11.2. The van der Waals surface area contributed by atoms with Gasteiger partial charge in [-0.2, -0.15) is 5.26 Å². The summed E-state index contributed by atoms with van der Waals surface area (Å²) >= 11 is 0. The minimum absolute atomic E-state index is 0.288. The van der Waals surface area contributed by atoms with Crippen LogP contribution in [0.4, 0.5) is 10.6 Å². The highest BCUT2D eigenvalue weighted by Crippen LogP contribution is 2.21. The number of carbonyl (C=O) groups is 1. The molecule has 7 heteroatoms. The normalized spacial score (nSPS) is 9.68. The third-order valence-corrected chi connectivity index (χ3v) is 2.84. The fourth-order valence-electron chi connectivity index (χ4n) is 1.82. The van der Waals surface area contributed by atoms with E-state index in [9.17, 15) is 4.79 Å². The van der Waals surface area contributed by atoms with Crippen LogP contribution in [0.2, 0.25) is 0 Å². The molecule has 1 amide bonds. The molecule has 0 bridgehead atoms. The maximum absolute atomic E-state index is 11.2. The lowest BCUT2D eigenvalue weighted by Crippen LogP contribution is -2.30. The summed E-state index contributed by atoms with van der Waals surface area (Å²) in [5, 5.41) is 16.9. The van der Waals surface area contributed by atoms with Gasteiger partial charge in [0.25, 0.3) is 0 Å². The smallest absolute Gasteiger partial charge is 0.425 e. The molecule has 1 heterocycles. The molecule has 7 nitrogen and oxygen atoms in total. The summed E-state index contributed by atoms with van der Waals surface area (Å²) in [7, 11) is 0. The van der Waals surface area contributed by atoms with Gasteiger partial charge >= 0.3 is 6.09 Å². The van der Waals surface area contributed by atoms with E-state index in [0.29, 0.717) is 17.1 Å². The molecule has 2 N–H and O–H groups in total. The van der Waals surface area contributed by atoms with Gasteiger partial charge in [0.2, 0.25) is 0 Å². The van der Waals surface area contributed by atoms with Gasteiger partial charge in [-0.05, 0) is 37.6 Å². The Bertz CT molecular complexity index is 707. The fraction of sp³-hybridized carbons (Fsp3) is 0.200. The first-order valence-corrected chi connectivity index (χ1v) is 6.67. The van der Waals surface area contributed by atoms with Crippen molar-refractivity contribution < 1.29 is 9.53 Å². The number of hydrogen-bond acceptors (Lipinski definition) is 6. The van der Waals surface area contributed by atoms with Crippen LogP contribution >= 0.6 is 0 Å². The molecular formula is C15H15N5O2. The fourth-order valence-corrected chi connectivity index (χ4v) is 1.82. The minimum atomic E-state index is -0.585. The van der Waals surface area contributed by atoms with E-state index in [0.717, 1.165) is 11.1 Å². The highest BCUT2D eigenvalue weighted by molar-refractivity contribution is 5.69. The molecule has 0 atom stereocenters. The van der Waals surface area contributed by atoms with Crippen molar-refractivity contribution in [3.63, 3.8) is 0 Å². The van der Waals surface area contributed by atoms with Crippen LogP contribution in [0, 0.1) is 18.3 Å². The van der Waals surface area contributed by atoms with Crippen molar-refractivity contribution in [1.29, 1.82) is 5.26 Å². The molecule has 112 valence electrons. The summed E-state index contributed by atoms with van der Waals surface area (Å²) in [5.74, 6) is 0.406. The predicted molar refractivity (Wildman–Crippen MR) is 80.7 cm³/mol. The number of nitriles is 1. The number of aromatic nitrogens is 2. The third-order valence-electron chi connectivity index (χ3n) is 2.84. The van der Waals surface area contributed by atoms with Gasteiger partial charge < -0.3 is 4.74 Å². The maximum atomic E-state index is 11.2. The lowest BCUT2D eigenvalue weighted by atomic mass is 10.1. The second-order valence-electron chi connectivity index (χ2n) is 4.42. The number of aryl methyl sites for hydroxylation is 1. The van der Waals surface area contributed by atoms with Crippen molar-refractivity contribution in [2.75, 3.05) is 12.0 Å². The number of rotatable bonds is 4. The average molecular weight is 297 g/mol. The summed E-state index contributed by atoms with van der Waals surface area (Å²) in [6, 6.07) is 10.9. The second-order valence-corrected chi connectivity index (χ2v) is 4.42. The Kier molecular flexibility index (Phi) is 4.88. The van der Waals surface area contributed by atoms with Gasteiger partial charge in [0.15, 0.2) is 5.82 Å². The number of anilines is 1. The number of hydrogen-bond donors (Lipinski definition) is 2. The molecule has 0 saturated carbocycles. The van der Waals surface area contributed by atoms with Crippen LogP contribution in [0.1, 0.15) is 18.1 Å². The number of hydrazine groups is 1. The van der Waals surface area contributed by atoms with Gasteiger partial charge in [-0.1, -0.05) is 12.1 Å². The predicted octanol–water partition coefficient (Wildman–Crippen LogP) is 2.40. The lowest BCUT2D eigenvalue weighted by molar-refractivity contribution is 0.154. The maximum Gasteiger partial charge on any atom is 0.425 e. The Labute approximate surface area is 127 Å². The molecule has 0 unspecified atom stereocenters. The van der Waals surface area contributed by atoms with Gasteiger partial charge in [-0.3, -0.25) is 5.43 Å². The van der Waals surface area contributed by atoms with Crippen molar-refractivity contribution in [3.8, 4) is 17.3 Å². The molecule has 0 spiro atoms. The van der Waals surface area contributed by atoms with Gasteiger partial charge in [-0.15, -0.1) is 10.2 Å². The van der Waals surface area contributed by atoms with E-state index in [4.69, 9.17) is 10.00 Å². The Morgan fingerprint density at radius 1 is 1.32 bits per heavy atom. The Morgan fingerprint density at radius 2 is 2.05 bits per heavy atom. The van der Waals surface area contributed by atoms with Crippen LogP contribution in [-0.2, 0) is 4.74 Å². The molecule has 0 radical (unpaired) electrons. The summed E-state index contributed by atoms with van der Waals surface area (Å²) in [6.45, 7) is 3.89. The quantitative estimate of drug-likeness (QED) is 0.840. The van der Waals surface area contributed by atoms with Crippen molar-refractivity contribution in [2.24, 2.45) is 0 Å². The summed E-state index contributed by atoms with van der Waals surface area (Å²) in [5.41, 5.74) is 8.03. The summed E-state index contributed by atoms with van der Waals surface area (Å²) in [6.07, 6.45) is -0.585. The molecule has 0 aliphatic carbocycles. The topological polar surface area (TPSA) is 99.9 Å². The van der Waals surface area contributed by atoms with E-state index in [-0.39, 0.29) is 6.61 Å². The number of amides is 1. The van der Waals surface area contributed by atoms with Crippen LogP contribution < -0.4 is 10.9 Å². The van der Waals surface area contributed by atoms with E-state index in [1.807, 2.05) is 19.1 Å². The average Bonchev–Trinajstić information content (AvgIpc) is 2.53. The minimum Gasteiger partial charge on any atom is -0.449 e. The SMILES string of the molecule is CCOC(=O)NNc1cc(C)c(-c2ccc(C#N)cc2)nn1. The molecular weight excluding hydrogens is 282 g/mol. The molecule has 0 fully saturated rings. The standard InChI is InChI=1S/C15H15N5O2/c1-3-22-15(21)20-18-13-8-10(2)14(19-17-13)12-6-4-11(9-16)5-7-12/h4-8H,3H2,1-2H3,(H,17,18)(H,20,21). The van der Waals surface area contributed by atoms with Gasteiger partial charge in [0, 0.05) is 5.56 Å². The van der Waals surface area contributed by atoms with Gasteiger partial charge in [-0.25, -0.2) is 10.2 Å². The second kappa shape index (κ2) is 7.04. The van der Waals surface area contributed by atoms with E-state index in [1.165, 1.54) is 0 Å². The van der Waals surface area contributed by atoms with Crippen LogP contribution in [0.5, 0.6) is 0 Å². The Hall–Kier alpha value is -3.14. The zero-order valence-corrected chi connectivity index (χ0v) is 12.3. The van der Waals surface area contributed by atoms with E-state index >= 15 is 0 Å². The molecule has 2 rings (SSSR count). The van der Waals surface area contributed by atoms with Gasteiger partial charge in [0.1, 0.15) is 0 Å². The highest BCUT2D eigenvalue weighted by Gasteiger charge is 2.07.